The van der Waals surface area contributed by atoms with Gasteiger partial charge >= 0.3 is 11.9 Å². The lowest BCUT2D eigenvalue weighted by atomic mass is 10.2. The highest BCUT2D eigenvalue weighted by atomic mass is 16.6. The second-order valence-electron chi connectivity index (χ2n) is 4.30. The summed E-state index contributed by atoms with van der Waals surface area (Å²) in [7, 11) is 0. The number of hydrogen-bond acceptors (Lipinski definition) is 6. The van der Waals surface area contributed by atoms with Gasteiger partial charge in [0, 0.05) is 0 Å². The fourth-order valence-corrected chi connectivity index (χ4v) is 1.32. The van der Waals surface area contributed by atoms with Crippen molar-refractivity contribution in [3.05, 3.63) is 11.3 Å². The van der Waals surface area contributed by atoms with Gasteiger partial charge in [-0.05, 0) is 25.8 Å². The largest absolute Gasteiger partial charge is 0.463 e. The zero-order valence-corrected chi connectivity index (χ0v) is 11.9. The molecule has 0 aliphatic heterocycles. The zero-order chi connectivity index (χ0) is 14.7. The molecule has 0 aromatic heterocycles. The molecule has 6 nitrogen and oxygen atoms in total. The lowest BCUT2D eigenvalue weighted by molar-refractivity contribution is -0.158. The number of allylic oxidation sites excluding steroid dienone is 1. The Morgan fingerprint density at radius 2 is 1.74 bits per heavy atom. The van der Waals surface area contributed by atoms with Crippen LogP contribution in [0.5, 0.6) is 0 Å². The molecular weight excluding hydrogens is 250 g/mol. The Morgan fingerprint density at radius 1 is 1.05 bits per heavy atom. The third kappa shape index (κ3) is 8.20. The van der Waals surface area contributed by atoms with Crippen molar-refractivity contribution in [2.45, 2.75) is 46.5 Å². The van der Waals surface area contributed by atoms with Crippen molar-refractivity contribution in [3.63, 3.8) is 0 Å². The standard InChI is InChI=1S/C13H23NO5/c1-4-5-6-7-8-17-11(15)9-18-13(16)12(19-14)10(2)3/h4-9,14H2,1-3H3. The Balaban J connectivity index is 3.85. The average molecular weight is 273 g/mol. The predicted octanol–water partition coefficient (Wildman–Crippen LogP) is 1.84. The number of unbranched alkanes of at least 4 members (excludes halogenated alkanes) is 3. The molecule has 0 aliphatic carbocycles. The van der Waals surface area contributed by atoms with Crippen LogP contribution in [0, 0.1) is 0 Å². The number of carbonyl (C=O) groups is 2. The van der Waals surface area contributed by atoms with Crippen LogP contribution in [0.3, 0.4) is 0 Å². The van der Waals surface area contributed by atoms with E-state index in [9.17, 15) is 9.59 Å². The van der Waals surface area contributed by atoms with Crippen LogP contribution in [-0.2, 0) is 23.9 Å². The van der Waals surface area contributed by atoms with Crippen molar-refractivity contribution in [1.29, 1.82) is 0 Å². The molecule has 0 aromatic rings. The van der Waals surface area contributed by atoms with Gasteiger partial charge in [0.25, 0.3) is 0 Å². The van der Waals surface area contributed by atoms with Crippen LogP contribution >= 0.6 is 0 Å². The van der Waals surface area contributed by atoms with Gasteiger partial charge in [-0.3, -0.25) is 0 Å². The molecule has 0 saturated carbocycles. The fraction of sp³-hybridized carbons (Fsp3) is 0.692. The number of rotatable bonds is 9. The van der Waals surface area contributed by atoms with Gasteiger partial charge in [0.2, 0.25) is 5.76 Å². The molecule has 0 aromatic carbocycles. The van der Waals surface area contributed by atoms with Crippen LogP contribution in [0.1, 0.15) is 46.5 Å². The minimum absolute atomic E-state index is 0.101. The molecule has 0 heterocycles. The SMILES string of the molecule is CCCCCCOC(=O)COC(=O)C(ON)=C(C)C. The van der Waals surface area contributed by atoms with Crippen molar-refractivity contribution in [2.24, 2.45) is 5.90 Å². The van der Waals surface area contributed by atoms with E-state index in [2.05, 4.69) is 11.8 Å². The van der Waals surface area contributed by atoms with E-state index >= 15 is 0 Å². The first kappa shape index (κ1) is 17.4. The molecule has 110 valence electrons. The van der Waals surface area contributed by atoms with Crippen LogP contribution in [0.25, 0.3) is 0 Å². The molecule has 0 atom stereocenters. The van der Waals surface area contributed by atoms with E-state index in [-0.39, 0.29) is 5.76 Å². The number of carbonyl (C=O) groups excluding carboxylic acids is 2. The Labute approximate surface area is 113 Å². The predicted molar refractivity (Wildman–Crippen MR) is 69.7 cm³/mol. The second kappa shape index (κ2) is 10.4. The maximum Gasteiger partial charge on any atom is 0.376 e. The molecule has 0 radical (unpaired) electrons. The van der Waals surface area contributed by atoms with E-state index < -0.39 is 18.5 Å². The average Bonchev–Trinajstić information content (AvgIpc) is 2.36. The highest BCUT2D eigenvalue weighted by Crippen LogP contribution is 2.05. The summed E-state index contributed by atoms with van der Waals surface area (Å²) < 4.78 is 9.63. The Hall–Kier alpha value is -1.56. The van der Waals surface area contributed by atoms with Crippen molar-refractivity contribution < 1.29 is 23.9 Å². The number of ether oxygens (including phenoxy) is 2. The molecule has 19 heavy (non-hydrogen) atoms. The highest BCUT2D eigenvalue weighted by molar-refractivity contribution is 5.88. The summed E-state index contributed by atoms with van der Waals surface area (Å²) >= 11 is 0. The lowest BCUT2D eigenvalue weighted by Crippen LogP contribution is -2.20. The van der Waals surface area contributed by atoms with Crippen molar-refractivity contribution in [1.82, 2.24) is 0 Å². The smallest absolute Gasteiger partial charge is 0.376 e. The Bertz CT molecular complexity index is 321. The van der Waals surface area contributed by atoms with E-state index in [1.165, 1.54) is 0 Å². The Kier molecular flexibility index (Phi) is 9.52. The third-order valence-electron chi connectivity index (χ3n) is 2.34. The van der Waals surface area contributed by atoms with Crippen molar-refractivity contribution >= 4 is 11.9 Å². The normalized spacial score (nSPS) is 9.68. The van der Waals surface area contributed by atoms with Gasteiger partial charge in [0.05, 0.1) is 6.61 Å². The molecule has 0 amide bonds. The topological polar surface area (TPSA) is 87.8 Å². The van der Waals surface area contributed by atoms with E-state index in [0.29, 0.717) is 12.2 Å². The molecule has 0 saturated heterocycles. The molecular formula is C13H23NO5. The highest BCUT2D eigenvalue weighted by Gasteiger charge is 2.16. The molecule has 0 unspecified atom stereocenters. The molecule has 0 bridgehead atoms. The molecule has 0 rings (SSSR count). The first-order chi connectivity index (χ1) is 9.02. The second-order valence-corrected chi connectivity index (χ2v) is 4.30. The summed E-state index contributed by atoms with van der Waals surface area (Å²) in [5.74, 6) is 3.48. The first-order valence-corrected chi connectivity index (χ1v) is 6.39. The fourth-order valence-electron chi connectivity index (χ4n) is 1.32. The number of hydrogen-bond donors (Lipinski definition) is 1. The van der Waals surface area contributed by atoms with Gasteiger partial charge in [-0.1, -0.05) is 26.2 Å². The van der Waals surface area contributed by atoms with E-state index in [1.807, 2.05) is 0 Å². The summed E-state index contributed by atoms with van der Waals surface area (Å²) in [6.45, 7) is 5.31. The number of esters is 2. The Morgan fingerprint density at radius 3 is 2.26 bits per heavy atom. The van der Waals surface area contributed by atoms with E-state index in [4.69, 9.17) is 15.4 Å². The van der Waals surface area contributed by atoms with Gasteiger partial charge in [-0.2, -0.15) is 5.90 Å². The molecule has 6 heteroatoms. The summed E-state index contributed by atoms with van der Waals surface area (Å²) in [6, 6.07) is 0. The molecule has 0 fully saturated rings. The summed E-state index contributed by atoms with van der Waals surface area (Å²) in [5.41, 5.74) is 0.570. The van der Waals surface area contributed by atoms with Crippen LogP contribution in [0.15, 0.2) is 11.3 Å². The molecule has 0 aliphatic rings. The molecule has 2 N–H and O–H groups in total. The van der Waals surface area contributed by atoms with Crippen LogP contribution in [0.2, 0.25) is 0 Å². The van der Waals surface area contributed by atoms with Crippen molar-refractivity contribution in [2.75, 3.05) is 13.2 Å². The number of nitrogens with two attached hydrogens (primary N) is 1. The van der Waals surface area contributed by atoms with Crippen molar-refractivity contribution in [3.8, 4) is 0 Å². The van der Waals surface area contributed by atoms with Gasteiger partial charge in [0.15, 0.2) is 6.61 Å². The van der Waals surface area contributed by atoms with Gasteiger partial charge in [0.1, 0.15) is 0 Å². The van der Waals surface area contributed by atoms with Crippen LogP contribution in [-0.4, -0.2) is 25.2 Å². The summed E-state index contributed by atoms with van der Waals surface area (Å²) in [4.78, 5) is 27.1. The maximum atomic E-state index is 11.4. The summed E-state index contributed by atoms with van der Waals surface area (Å²) in [5, 5.41) is 0. The van der Waals surface area contributed by atoms with E-state index in [1.54, 1.807) is 13.8 Å². The van der Waals surface area contributed by atoms with Gasteiger partial charge < -0.3 is 14.3 Å². The van der Waals surface area contributed by atoms with Crippen LogP contribution in [0.4, 0.5) is 0 Å². The maximum absolute atomic E-state index is 11.4. The van der Waals surface area contributed by atoms with Gasteiger partial charge in [-0.15, -0.1) is 0 Å². The zero-order valence-electron chi connectivity index (χ0n) is 11.9. The van der Waals surface area contributed by atoms with Gasteiger partial charge in [-0.25, -0.2) is 9.59 Å². The van der Waals surface area contributed by atoms with E-state index in [0.717, 1.165) is 25.7 Å². The monoisotopic (exact) mass is 273 g/mol. The third-order valence-corrected chi connectivity index (χ3v) is 2.34. The minimum Gasteiger partial charge on any atom is -0.463 e. The lowest BCUT2D eigenvalue weighted by Gasteiger charge is -2.08. The quantitative estimate of drug-likeness (QED) is 0.227. The minimum atomic E-state index is -0.773. The first-order valence-electron chi connectivity index (χ1n) is 6.39. The molecule has 0 spiro atoms. The van der Waals surface area contributed by atoms with Crippen LogP contribution < -0.4 is 5.90 Å². The summed E-state index contributed by atoms with van der Waals surface area (Å²) in [6.07, 6.45) is 4.07.